The number of aromatic amines is 1. The van der Waals surface area contributed by atoms with Crippen LogP contribution in [0.15, 0.2) is 16.0 Å². The van der Waals surface area contributed by atoms with E-state index in [1.165, 1.54) is 0 Å². The van der Waals surface area contributed by atoms with Gasteiger partial charge in [-0.15, -0.1) is 0 Å². The minimum absolute atomic E-state index is 0.109. The third-order valence-corrected chi connectivity index (χ3v) is 1.26. The standard InChI is InChI=1S/C6H7N5O/c1-2-4-8-5(10-11-7)3-6(12)9-4/h3H,2H2,1H3,(H,8,9,12). The molecular weight excluding hydrogens is 158 g/mol. The van der Waals surface area contributed by atoms with Gasteiger partial charge in [-0.3, -0.25) is 4.79 Å². The van der Waals surface area contributed by atoms with Gasteiger partial charge in [0.25, 0.3) is 5.56 Å². The molecule has 0 bridgehead atoms. The maximum absolute atomic E-state index is 10.9. The Morgan fingerprint density at radius 2 is 2.58 bits per heavy atom. The number of rotatable bonds is 2. The quantitative estimate of drug-likeness (QED) is 0.405. The molecule has 1 rings (SSSR count). The molecule has 1 N–H and O–H groups in total. The largest absolute Gasteiger partial charge is 0.311 e. The second-order valence-corrected chi connectivity index (χ2v) is 2.09. The molecule has 6 heteroatoms. The minimum atomic E-state index is -0.302. The van der Waals surface area contributed by atoms with E-state index in [0.717, 1.165) is 6.07 Å². The molecule has 0 aliphatic heterocycles. The minimum Gasteiger partial charge on any atom is -0.311 e. The highest BCUT2D eigenvalue weighted by Crippen LogP contribution is 2.03. The average Bonchev–Trinajstić information content (AvgIpc) is 2.04. The van der Waals surface area contributed by atoms with Gasteiger partial charge in [0.15, 0.2) is 0 Å². The van der Waals surface area contributed by atoms with Crippen LogP contribution in [0.2, 0.25) is 0 Å². The summed E-state index contributed by atoms with van der Waals surface area (Å²) in [4.78, 5) is 19.8. The van der Waals surface area contributed by atoms with E-state index in [0.29, 0.717) is 12.2 Å². The highest BCUT2D eigenvalue weighted by Gasteiger charge is 1.95. The van der Waals surface area contributed by atoms with Crippen molar-refractivity contribution >= 4 is 5.82 Å². The zero-order valence-corrected chi connectivity index (χ0v) is 6.48. The van der Waals surface area contributed by atoms with E-state index in [-0.39, 0.29) is 11.4 Å². The van der Waals surface area contributed by atoms with Crippen molar-refractivity contribution in [3.05, 3.63) is 32.7 Å². The van der Waals surface area contributed by atoms with Crippen LogP contribution in [-0.2, 0) is 6.42 Å². The Bertz CT molecular complexity index is 376. The van der Waals surface area contributed by atoms with Gasteiger partial charge in [0.1, 0.15) is 11.6 Å². The van der Waals surface area contributed by atoms with Gasteiger partial charge in [-0.05, 0) is 10.6 Å². The SMILES string of the molecule is CCc1nc(N=[N+]=[N-])cc(=O)[nH]1. The third-order valence-electron chi connectivity index (χ3n) is 1.26. The number of hydrogen-bond donors (Lipinski definition) is 1. The molecule has 0 spiro atoms. The average molecular weight is 165 g/mol. The van der Waals surface area contributed by atoms with E-state index >= 15 is 0 Å². The maximum atomic E-state index is 10.9. The summed E-state index contributed by atoms with van der Waals surface area (Å²) in [6.07, 6.45) is 0.601. The molecule has 0 fully saturated rings. The monoisotopic (exact) mass is 165 g/mol. The zero-order valence-electron chi connectivity index (χ0n) is 6.48. The topological polar surface area (TPSA) is 94.5 Å². The first-order chi connectivity index (χ1) is 5.76. The van der Waals surface area contributed by atoms with Crippen LogP contribution >= 0.6 is 0 Å². The molecular formula is C6H7N5O. The summed E-state index contributed by atoms with van der Waals surface area (Å²) >= 11 is 0. The second kappa shape index (κ2) is 3.54. The Morgan fingerprint density at radius 1 is 1.83 bits per heavy atom. The van der Waals surface area contributed by atoms with E-state index < -0.39 is 0 Å². The number of hydrogen-bond acceptors (Lipinski definition) is 3. The lowest BCUT2D eigenvalue weighted by Crippen LogP contribution is -2.08. The summed E-state index contributed by atoms with van der Waals surface area (Å²) in [5.74, 6) is 0.628. The van der Waals surface area contributed by atoms with Crippen molar-refractivity contribution in [1.29, 1.82) is 0 Å². The lowest BCUT2D eigenvalue weighted by Gasteiger charge is -1.94. The molecule has 6 nitrogen and oxygen atoms in total. The van der Waals surface area contributed by atoms with Gasteiger partial charge in [-0.25, -0.2) is 4.98 Å². The number of nitrogens with one attached hydrogen (secondary N) is 1. The van der Waals surface area contributed by atoms with Gasteiger partial charge >= 0.3 is 0 Å². The van der Waals surface area contributed by atoms with Crippen LogP contribution in [0.25, 0.3) is 10.4 Å². The fraction of sp³-hybridized carbons (Fsp3) is 0.333. The van der Waals surface area contributed by atoms with Crippen LogP contribution in [0, 0.1) is 0 Å². The van der Waals surface area contributed by atoms with Gasteiger partial charge in [0, 0.05) is 17.4 Å². The van der Waals surface area contributed by atoms with E-state index in [1.807, 2.05) is 6.92 Å². The Hall–Kier alpha value is -1.81. The molecule has 0 unspecified atom stereocenters. The Balaban J connectivity index is 3.23. The predicted octanol–water partition coefficient (Wildman–Crippen LogP) is 1.27. The molecule has 12 heavy (non-hydrogen) atoms. The Labute approximate surface area is 67.9 Å². The summed E-state index contributed by atoms with van der Waals surface area (Å²) in [7, 11) is 0. The molecule has 0 saturated heterocycles. The summed E-state index contributed by atoms with van der Waals surface area (Å²) in [6, 6.07) is 1.15. The number of nitrogens with zero attached hydrogens (tertiary/aromatic N) is 4. The molecule has 1 aromatic rings. The van der Waals surface area contributed by atoms with Gasteiger partial charge < -0.3 is 4.98 Å². The molecule has 0 aliphatic carbocycles. The summed E-state index contributed by atoms with van der Waals surface area (Å²) in [5.41, 5.74) is 7.78. The Kier molecular flexibility index (Phi) is 2.45. The first-order valence-corrected chi connectivity index (χ1v) is 3.41. The van der Waals surface area contributed by atoms with Crippen molar-refractivity contribution in [2.45, 2.75) is 13.3 Å². The number of aromatic nitrogens is 2. The van der Waals surface area contributed by atoms with Gasteiger partial charge in [-0.1, -0.05) is 6.92 Å². The van der Waals surface area contributed by atoms with Crippen LogP contribution in [0.3, 0.4) is 0 Å². The molecule has 62 valence electrons. The molecule has 0 aliphatic rings. The van der Waals surface area contributed by atoms with Crippen molar-refractivity contribution < 1.29 is 0 Å². The van der Waals surface area contributed by atoms with Crippen molar-refractivity contribution in [3.63, 3.8) is 0 Å². The summed E-state index contributed by atoms with van der Waals surface area (Å²) in [5, 5.41) is 3.23. The summed E-state index contributed by atoms with van der Waals surface area (Å²) < 4.78 is 0. The van der Waals surface area contributed by atoms with Crippen molar-refractivity contribution in [2.75, 3.05) is 0 Å². The highest BCUT2D eigenvalue weighted by molar-refractivity contribution is 5.24. The van der Waals surface area contributed by atoms with Crippen LogP contribution in [0.4, 0.5) is 5.82 Å². The molecule has 0 amide bonds. The van der Waals surface area contributed by atoms with E-state index in [4.69, 9.17) is 5.53 Å². The Morgan fingerprint density at radius 3 is 3.17 bits per heavy atom. The smallest absolute Gasteiger partial charge is 0.251 e. The van der Waals surface area contributed by atoms with Crippen LogP contribution in [0.1, 0.15) is 12.7 Å². The number of H-pyrrole nitrogens is 1. The van der Waals surface area contributed by atoms with Gasteiger partial charge in [-0.2, -0.15) is 0 Å². The predicted molar refractivity (Wildman–Crippen MR) is 43.0 cm³/mol. The zero-order chi connectivity index (χ0) is 8.97. The number of azide groups is 1. The van der Waals surface area contributed by atoms with Crippen LogP contribution < -0.4 is 5.56 Å². The van der Waals surface area contributed by atoms with E-state index in [1.54, 1.807) is 0 Å². The van der Waals surface area contributed by atoms with Crippen LogP contribution in [-0.4, -0.2) is 9.97 Å². The van der Waals surface area contributed by atoms with Crippen LogP contribution in [0.5, 0.6) is 0 Å². The van der Waals surface area contributed by atoms with E-state index in [2.05, 4.69) is 20.0 Å². The molecule has 0 aromatic carbocycles. The van der Waals surface area contributed by atoms with Crippen molar-refractivity contribution in [3.8, 4) is 0 Å². The second-order valence-electron chi connectivity index (χ2n) is 2.09. The van der Waals surface area contributed by atoms with Crippen molar-refractivity contribution in [2.24, 2.45) is 5.11 Å². The van der Waals surface area contributed by atoms with Gasteiger partial charge in [0.05, 0.1) is 0 Å². The first kappa shape index (κ1) is 8.29. The normalized spacial score (nSPS) is 9.08. The lowest BCUT2D eigenvalue weighted by atomic mass is 10.4. The molecule has 0 radical (unpaired) electrons. The molecule has 0 atom stereocenters. The number of aryl methyl sites for hydroxylation is 1. The molecule has 0 saturated carbocycles. The maximum Gasteiger partial charge on any atom is 0.251 e. The van der Waals surface area contributed by atoms with E-state index in [9.17, 15) is 4.79 Å². The first-order valence-electron chi connectivity index (χ1n) is 3.41. The fourth-order valence-electron chi connectivity index (χ4n) is 0.759. The van der Waals surface area contributed by atoms with Crippen molar-refractivity contribution in [1.82, 2.24) is 9.97 Å². The summed E-state index contributed by atoms with van der Waals surface area (Å²) in [6.45, 7) is 1.85. The highest BCUT2D eigenvalue weighted by atomic mass is 16.1. The van der Waals surface area contributed by atoms with Gasteiger partial charge in [0.2, 0.25) is 0 Å². The lowest BCUT2D eigenvalue weighted by molar-refractivity contribution is 0.918. The third kappa shape index (κ3) is 1.83. The molecule has 1 aromatic heterocycles. The fourth-order valence-corrected chi connectivity index (χ4v) is 0.759. The molecule has 1 heterocycles.